The van der Waals surface area contributed by atoms with Crippen molar-refractivity contribution in [2.75, 3.05) is 37.6 Å². The zero-order valence-electron chi connectivity index (χ0n) is 22.0. The molecular formula is C29H35F4N3O3. The summed E-state index contributed by atoms with van der Waals surface area (Å²) in [5, 5.41) is 19.2. The smallest absolute Gasteiger partial charge is 0.306 e. The van der Waals surface area contributed by atoms with E-state index in [1.807, 2.05) is 4.90 Å². The van der Waals surface area contributed by atoms with Crippen LogP contribution in [0.1, 0.15) is 55.3 Å². The summed E-state index contributed by atoms with van der Waals surface area (Å²) in [5.74, 6) is -2.56. The molecule has 2 atom stereocenters. The lowest BCUT2D eigenvalue weighted by Gasteiger charge is -2.43. The fraction of sp³-hybridized carbons (Fsp3) is 0.552. The molecular weight excluding hydrogens is 514 g/mol. The SMILES string of the molecule is C[C@@H]1Cc2cc(O)ccc2[C@@H](c2c(F)cc(N3CCC(N4CCC(C(=O)O)CC4)CC3)cc2F)N1CC(F)F. The van der Waals surface area contributed by atoms with Gasteiger partial charge in [0.1, 0.15) is 17.4 Å². The van der Waals surface area contributed by atoms with E-state index >= 15 is 8.78 Å². The van der Waals surface area contributed by atoms with Crippen LogP contribution >= 0.6 is 0 Å². The molecule has 3 aliphatic rings. The molecule has 212 valence electrons. The molecule has 3 aliphatic heterocycles. The standard InChI is InChI=1S/C29H35F4N3O3/c1-17-12-19-13-22(37)2-3-23(19)28(36(17)16-26(32)33)27-24(30)14-21(15-25(27)31)35-10-6-20(7-11-35)34-8-4-18(5-9-34)29(38)39/h2-3,13-15,17-18,20,26,28,37H,4-12,16H2,1H3,(H,38,39)/t17-,28+/m1/s1. The predicted octanol–water partition coefficient (Wildman–Crippen LogP) is 5.04. The first-order valence-electron chi connectivity index (χ1n) is 13.7. The third-order valence-electron chi connectivity index (χ3n) is 8.75. The Labute approximate surface area is 225 Å². The minimum absolute atomic E-state index is 0.0213. The summed E-state index contributed by atoms with van der Waals surface area (Å²) >= 11 is 0. The summed E-state index contributed by atoms with van der Waals surface area (Å²) in [6.45, 7) is 3.84. The molecule has 2 N–H and O–H groups in total. The maximum Gasteiger partial charge on any atom is 0.306 e. The summed E-state index contributed by atoms with van der Waals surface area (Å²) in [6, 6.07) is 6.00. The van der Waals surface area contributed by atoms with Crippen molar-refractivity contribution in [2.45, 2.75) is 63.6 Å². The number of likely N-dealkylation sites (tertiary alicyclic amines) is 1. The molecule has 0 saturated carbocycles. The van der Waals surface area contributed by atoms with Crippen LogP contribution in [-0.2, 0) is 11.2 Å². The third kappa shape index (κ3) is 5.72. The summed E-state index contributed by atoms with van der Waals surface area (Å²) < 4.78 is 58.6. The van der Waals surface area contributed by atoms with Crippen LogP contribution in [0, 0.1) is 17.6 Å². The van der Waals surface area contributed by atoms with Gasteiger partial charge in [0.15, 0.2) is 0 Å². The van der Waals surface area contributed by atoms with Crippen LogP contribution in [0.15, 0.2) is 30.3 Å². The van der Waals surface area contributed by atoms with Crippen LogP contribution in [0.3, 0.4) is 0 Å². The highest BCUT2D eigenvalue weighted by molar-refractivity contribution is 5.70. The van der Waals surface area contributed by atoms with Gasteiger partial charge in [0, 0.05) is 36.4 Å². The van der Waals surface area contributed by atoms with E-state index in [4.69, 9.17) is 0 Å². The van der Waals surface area contributed by atoms with Crippen molar-refractivity contribution in [1.82, 2.24) is 9.80 Å². The van der Waals surface area contributed by atoms with Crippen molar-refractivity contribution in [3.8, 4) is 5.75 Å². The number of carboxylic acids is 1. The molecule has 0 radical (unpaired) electrons. The molecule has 0 spiro atoms. The molecule has 10 heteroatoms. The number of alkyl halides is 2. The monoisotopic (exact) mass is 549 g/mol. The summed E-state index contributed by atoms with van der Waals surface area (Å²) in [5.41, 5.74) is 1.38. The minimum Gasteiger partial charge on any atom is -0.508 e. The minimum atomic E-state index is -2.67. The number of halogens is 4. The van der Waals surface area contributed by atoms with Gasteiger partial charge < -0.3 is 20.0 Å². The van der Waals surface area contributed by atoms with Crippen LogP contribution in [0.5, 0.6) is 5.75 Å². The zero-order chi connectivity index (χ0) is 27.8. The lowest BCUT2D eigenvalue weighted by atomic mass is 9.84. The van der Waals surface area contributed by atoms with Crippen molar-refractivity contribution < 1.29 is 32.6 Å². The molecule has 2 aromatic carbocycles. The number of fused-ring (bicyclic) bond motifs is 1. The molecule has 5 rings (SSSR count). The molecule has 2 saturated heterocycles. The number of aromatic hydroxyl groups is 1. The molecule has 39 heavy (non-hydrogen) atoms. The van der Waals surface area contributed by atoms with Gasteiger partial charge in [-0.15, -0.1) is 0 Å². The number of phenolic OH excluding ortho intramolecular Hbond substituents is 1. The highest BCUT2D eigenvalue weighted by Crippen LogP contribution is 2.42. The number of rotatable bonds is 6. The second-order valence-electron chi connectivity index (χ2n) is 11.1. The number of aliphatic carboxylic acids is 1. The number of nitrogens with zero attached hydrogens (tertiary/aromatic N) is 3. The summed E-state index contributed by atoms with van der Waals surface area (Å²) in [6.07, 6.45) is 0.605. The molecule has 0 amide bonds. The quantitative estimate of drug-likeness (QED) is 0.493. The van der Waals surface area contributed by atoms with Crippen LogP contribution in [0.25, 0.3) is 0 Å². The van der Waals surface area contributed by atoms with E-state index in [1.54, 1.807) is 13.0 Å². The summed E-state index contributed by atoms with van der Waals surface area (Å²) in [4.78, 5) is 17.0. The number of phenols is 1. The molecule has 2 fully saturated rings. The van der Waals surface area contributed by atoms with Gasteiger partial charge in [0.25, 0.3) is 6.43 Å². The maximum absolute atomic E-state index is 15.7. The molecule has 3 heterocycles. The topological polar surface area (TPSA) is 67.2 Å². The highest BCUT2D eigenvalue weighted by Gasteiger charge is 2.38. The van der Waals surface area contributed by atoms with E-state index in [9.17, 15) is 23.8 Å². The number of piperidine rings is 2. The normalized spacial score (nSPS) is 23.8. The Bertz CT molecular complexity index is 1170. The van der Waals surface area contributed by atoms with E-state index in [0.29, 0.717) is 55.2 Å². The van der Waals surface area contributed by atoms with Gasteiger partial charge in [-0.2, -0.15) is 0 Å². The second kappa shape index (κ2) is 11.3. The lowest BCUT2D eigenvalue weighted by Crippen LogP contribution is -2.48. The van der Waals surface area contributed by atoms with Gasteiger partial charge in [0.2, 0.25) is 0 Å². The lowest BCUT2D eigenvalue weighted by molar-refractivity contribution is -0.143. The van der Waals surface area contributed by atoms with E-state index < -0.39 is 42.7 Å². The van der Waals surface area contributed by atoms with Crippen molar-refractivity contribution in [3.05, 3.63) is 58.7 Å². The number of carboxylic acid groups (broad SMARTS) is 1. The van der Waals surface area contributed by atoms with Gasteiger partial charge in [-0.1, -0.05) is 6.07 Å². The van der Waals surface area contributed by atoms with Gasteiger partial charge in [-0.25, -0.2) is 17.6 Å². The molecule has 0 bridgehead atoms. The van der Waals surface area contributed by atoms with E-state index in [1.165, 1.54) is 29.2 Å². The summed E-state index contributed by atoms with van der Waals surface area (Å²) in [7, 11) is 0. The fourth-order valence-corrected chi connectivity index (χ4v) is 6.69. The average molecular weight is 550 g/mol. The Balaban J connectivity index is 1.35. The van der Waals surface area contributed by atoms with Crippen molar-refractivity contribution in [1.29, 1.82) is 0 Å². The maximum atomic E-state index is 15.7. The van der Waals surface area contributed by atoms with Crippen molar-refractivity contribution in [3.63, 3.8) is 0 Å². The number of benzene rings is 2. The van der Waals surface area contributed by atoms with Gasteiger partial charge in [-0.3, -0.25) is 9.69 Å². The Morgan fingerprint density at radius 3 is 2.23 bits per heavy atom. The molecule has 6 nitrogen and oxygen atoms in total. The van der Waals surface area contributed by atoms with Crippen molar-refractivity contribution >= 4 is 11.7 Å². The number of carbonyl (C=O) groups is 1. The van der Waals surface area contributed by atoms with Gasteiger partial charge in [-0.05, 0) is 87.5 Å². The second-order valence-corrected chi connectivity index (χ2v) is 11.1. The first-order valence-corrected chi connectivity index (χ1v) is 13.7. The Kier molecular flexibility index (Phi) is 8.05. The number of anilines is 1. The van der Waals surface area contributed by atoms with Crippen molar-refractivity contribution in [2.24, 2.45) is 5.92 Å². The first kappa shape index (κ1) is 27.7. The van der Waals surface area contributed by atoms with Crippen LogP contribution in [0.2, 0.25) is 0 Å². The molecule has 0 aromatic heterocycles. The first-order chi connectivity index (χ1) is 18.6. The predicted molar refractivity (Wildman–Crippen MR) is 139 cm³/mol. The molecule has 0 aliphatic carbocycles. The third-order valence-corrected chi connectivity index (χ3v) is 8.75. The van der Waals surface area contributed by atoms with Gasteiger partial charge in [0.05, 0.1) is 18.5 Å². The largest absolute Gasteiger partial charge is 0.508 e. The molecule has 0 unspecified atom stereocenters. The Morgan fingerprint density at radius 1 is 1.00 bits per heavy atom. The van der Waals surface area contributed by atoms with Crippen LogP contribution in [0.4, 0.5) is 23.2 Å². The van der Waals surface area contributed by atoms with Gasteiger partial charge >= 0.3 is 5.97 Å². The average Bonchev–Trinajstić information content (AvgIpc) is 2.89. The Hall–Kier alpha value is -2.85. The fourth-order valence-electron chi connectivity index (χ4n) is 6.69. The van der Waals surface area contributed by atoms with Crippen LogP contribution < -0.4 is 4.90 Å². The number of hydrogen-bond donors (Lipinski definition) is 2. The highest BCUT2D eigenvalue weighted by atomic mass is 19.3. The molecule has 2 aromatic rings. The Morgan fingerprint density at radius 2 is 1.64 bits per heavy atom. The van der Waals surface area contributed by atoms with E-state index in [2.05, 4.69) is 4.90 Å². The number of hydrogen-bond acceptors (Lipinski definition) is 5. The zero-order valence-corrected chi connectivity index (χ0v) is 22.0. The van der Waals surface area contributed by atoms with E-state index in [0.717, 1.165) is 25.9 Å². The van der Waals surface area contributed by atoms with Crippen LogP contribution in [-0.4, -0.2) is 77.2 Å². The van der Waals surface area contributed by atoms with E-state index in [-0.39, 0.29) is 17.2 Å².